The van der Waals surface area contributed by atoms with Crippen LogP contribution in [0.25, 0.3) is 0 Å². The van der Waals surface area contributed by atoms with Gasteiger partial charge in [-0.3, -0.25) is 4.79 Å². The van der Waals surface area contributed by atoms with Crippen molar-refractivity contribution in [1.29, 1.82) is 0 Å². The van der Waals surface area contributed by atoms with Crippen LogP contribution >= 0.6 is 11.6 Å². The van der Waals surface area contributed by atoms with Crippen LogP contribution in [0, 0.1) is 23.6 Å². The fourth-order valence-corrected chi connectivity index (χ4v) is 3.98. The third-order valence-electron chi connectivity index (χ3n) is 5.39. The minimum absolute atomic E-state index is 0.0584. The summed E-state index contributed by atoms with van der Waals surface area (Å²) in [5, 5.41) is 9.52. The molecule has 1 amide bonds. The van der Waals surface area contributed by atoms with Crippen LogP contribution < -0.4 is 0 Å². The smallest absolute Gasteiger partial charge is 0.261 e. The summed E-state index contributed by atoms with van der Waals surface area (Å²) in [5.41, 5.74) is 0.457. The van der Waals surface area contributed by atoms with Gasteiger partial charge in [-0.05, 0) is 55.1 Å². The first-order chi connectivity index (χ1) is 11.4. The van der Waals surface area contributed by atoms with E-state index in [4.69, 9.17) is 11.6 Å². The van der Waals surface area contributed by atoms with Gasteiger partial charge in [0.25, 0.3) is 5.91 Å². The van der Waals surface area contributed by atoms with Crippen LogP contribution in [0.3, 0.4) is 0 Å². The molecule has 24 heavy (non-hydrogen) atoms. The van der Waals surface area contributed by atoms with Gasteiger partial charge >= 0.3 is 0 Å². The highest BCUT2D eigenvalue weighted by Crippen LogP contribution is 2.37. The first kappa shape index (κ1) is 17.3. The van der Waals surface area contributed by atoms with Gasteiger partial charge in [-0.25, -0.2) is 4.39 Å². The minimum Gasteiger partial charge on any atom is -0.504 e. The zero-order chi connectivity index (χ0) is 17.4. The lowest BCUT2D eigenvalue weighted by atomic mass is 9.77. The van der Waals surface area contributed by atoms with Crippen molar-refractivity contribution in [2.45, 2.75) is 46.1 Å². The number of halogens is 2. The zero-order valence-electron chi connectivity index (χ0n) is 14.1. The van der Waals surface area contributed by atoms with E-state index in [-0.39, 0.29) is 10.6 Å². The summed E-state index contributed by atoms with van der Waals surface area (Å²) in [6, 6.07) is 1.47. The molecule has 0 bridgehead atoms. The lowest BCUT2D eigenvalue weighted by molar-refractivity contribution is 0.0837. The Morgan fingerprint density at radius 3 is 2.62 bits per heavy atom. The highest BCUT2D eigenvalue weighted by molar-refractivity contribution is 6.32. The molecule has 1 aliphatic heterocycles. The second kappa shape index (κ2) is 6.75. The number of phenols is 1. The molecule has 1 aromatic rings. The maximum atomic E-state index is 14.1. The van der Waals surface area contributed by atoms with Crippen LogP contribution in [0.5, 0.6) is 5.75 Å². The summed E-state index contributed by atoms with van der Waals surface area (Å²) in [5.74, 6) is 0.00825. The van der Waals surface area contributed by atoms with Gasteiger partial charge < -0.3 is 10.0 Å². The predicted molar refractivity (Wildman–Crippen MR) is 92.4 cm³/mol. The number of hydrogen-bond donors (Lipinski definition) is 1. The summed E-state index contributed by atoms with van der Waals surface area (Å²) in [4.78, 5) is 13.9. The molecule has 130 valence electrons. The number of allylic oxidation sites excluding steroid dienone is 1. The first-order valence-electron chi connectivity index (χ1n) is 8.57. The Kier molecular flexibility index (Phi) is 4.86. The van der Waals surface area contributed by atoms with Crippen LogP contribution in [0.2, 0.25) is 5.02 Å². The molecule has 1 aromatic carbocycles. The molecule has 1 aliphatic carbocycles. The Morgan fingerprint density at radius 1 is 1.33 bits per heavy atom. The molecule has 1 N–H and O–H groups in total. The van der Waals surface area contributed by atoms with Gasteiger partial charge in [0.2, 0.25) is 0 Å². The Hall–Kier alpha value is -1.55. The number of benzene rings is 1. The van der Waals surface area contributed by atoms with Crippen molar-refractivity contribution in [1.82, 2.24) is 4.90 Å². The fourth-order valence-electron chi connectivity index (χ4n) is 3.76. The number of nitrogens with zero attached hydrogens (tertiary/aromatic N) is 1. The molecule has 1 heterocycles. The van der Waals surface area contributed by atoms with Crippen molar-refractivity contribution in [3.05, 3.63) is 40.3 Å². The maximum Gasteiger partial charge on any atom is 0.261 e. The molecule has 0 unspecified atom stereocenters. The Balaban J connectivity index is 1.68. The van der Waals surface area contributed by atoms with Crippen LogP contribution in [0.15, 0.2) is 18.3 Å². The van der Waals surface area contributed by atoms with Crippen molar-refractivity contribution in [2.24, 2.45) is 17.8 Å². The van der Waals surface area contributed by atoms with E-state index >= 15 is 0 Å². The van der Waals surface area contributed by atoms with E-state index in [0.29, 0.717) is 18.0 Å². The number of phenolic OH excluding ortho intramolecular Hbond substituents is 1. The molecule has 0 saturated heterocycles. The standard InChI is InChI=1S/C19H23ClFNO2/c1-11(2)13-5-3-12(4-6-13)7-8-22-10-14-9-15(20)18(23)17(21)16(14)19(22)24/h7-9,11-13,23H,3-6,10H2,1-2H3. The summed E-state index contributed by atoms with van der Waals surface area (Å²) >= 11 is 5.79. The van der Waals surface area contributed by atoms with E-state index in [1.54, 1.807) is 6.20 Å². The minimum atomic E-state index is -0.921. The Bertz CT molecular complexity index is 678. The third kappa shape index (κ3) is 3.16. The number of rotatable bonds is 3. The number of fused-ring (bicyclic) bond motifs is 1. The highest BCUT2D eigenvalue weighted by Gasteiger charge is 2.32. The maximum absolute atomic E-state index is 14.1. The van der Waals surface area contributed by atoms with Crippen molar-refractivity contribution < 1.29 is 14.3 Å². The number of aromatic hydroxyl groups is 1. The summed E-state index contributed by atoms with van der Waals surface area (Å²) < 4.78 is 14.1. The van der Waals surface area contributed by atoms with Crippen molar-refractivity contribution in [3.8, 4) is 5.75 Å². The molecule has 0 aromatic heterocycles. The topological polar surface area (TPSA) is 40.5 Å². The second-order valence-corrected chi connectivity index (χ2v) is 7.66. The van der Waals surface area contributed by atoms with Crippen LogP contribution in [-0.4, -0.2) is 15.9 Å². The van der Waals surface area contributed by atoms with Crippen molar-refractivity contribution >= 4 is 17.5 Å². The largest absolute Gasteiger partial charge is 0.504 e. The van der Waals surface area contributed by atoms with Gasteiger partial charge in [-0.15, -0.1) is 0 Å². The average Bonchev–Trinajstić information content (AvgIpc) is 2.87. The van der Waals surface area contributed by atoms with Gasteiger partial charge in [0.15, 0.2) is 11.6 Å². The van der Waals surface area contributed by atoms with E-state index in [1.165, 1.54) is 23.8 Å². The van der Waals surface area contributed by atoms with Crippen LogP contribution in [0.1, 0.15) is 55.5 Å². The number of hydrogen-bond acceptors (Lipinski definition) is 2. The molecule has 2 aliphatic rings. The zero-order valence-corrected chi connectivity index (χ0v) is 14.8. The normalized spacial score (nSPS) is 24.2. The molecule has 0 atom stereocenters. The number of carbonyl (C=O) groups excluding carboxylic acids is 1. The predicted octanol–water partition coefficient (Wildman–Crippen LogP) is 5.12. The molecule has 3 rings (SSSR count). The van der Waals surface area contributed by atoms with Crippen LogP contribution in [0.4, 0.5) is 4.39 Å². The highest BCUT2D eigenvalue weighted by atomic mass is 35.5. The summed E-state index contributed by atoms with van der Waals surface area (Å²) in [7, 11) is 0. The fraction of sp³-hybridized carbons (Fsp3) is 0.526. The van der Waals surface area contributed by atoms with E-state index in [1.807, 2.05) is 0 Å². The van der Waals surface area contributed by atoms with Gasteiger partial charge in [0, 0.05) is 6.20 Å². The first-order valence-corrected chi connectivity index (χ1v) is 8.95. The number of carbonyl (C=O) groups is 1. The van der Waals surface area contributed by atoms with Gasteiger partial charge in [-0.2, -0.15) is 0 Å². The monoisotopic (exact) mass is 351 g/mol. The van der Waals surface area contributed by atoms with E-state index in [2.05, 4.69) is 19.9 Å². The molecular formula is C19H23ClFNO2. The molecule has 1 fully saturated rings. The SMILES string of the molecule is CC(C)C1CCC(C=CN2Cc3cc(Cl)c(O)c(F)c3C2=O)CC1. The third-order valence-corrected chi connectivity index (χ3v) is 5.68. The van der Waals surface area contributed by atoms with Crippen molar-refractivity contribution in [3.63, 3.8) is 0 Å². The lowest BCUT2D eigenvalue weighted by Crippen LogP contribution is -2.20. The summed E-state index contributed by atoms with van der Waals surface area (Å²) in [6.07, 6.45) is 8.55. The van der Waals surface area contributed by atoms with E-state index in [0.717, 1.165) is 24.7 Å². The van der Waals surface area contributed by atoms with Gasteiger partial charge in [0.05, 0.1) is 17.1 Å². The molecule has 5 heteroatoms. The van der Waals surface area contributed by atoms with E-state index in [9.17, 15) is 14.3 Å². The molecule has 0 spiro atoms. The Morgan fingerprint density at radius 2 is 2.00 bits per heavy atom. The van der Waals surface area contributed by atoms with E-state index < -0.39 is 17.5 Å². The molecule has 3 nitrogen and oxygen atoms in total. The van der Waals surface area contributed by atoms with Gasteiger partial charge in [0.1, 0.15) is 0 Å². The average molecular weight is 352 g/mol. The quantitative estimate of drug-likeness (QED) is 0.821. The number of amides is 1. The second-order valence-electron chi connectivity index (χ2n) is 7.25. The van der Waals surface area contributed by atoms with Crippen LogP contribution in [-0.2, 0) is 6.54 Å². The Labute approximate surface area is 147 Å². The summed E-state index contributed by atoms with van der Waals surface area (Å²) in [6.45, 7) is 4.84. The molecule has 0 radical (unpaired) electrons. The molecular weight excluding hydrogens is 329 g/mol. The van der Waals surface area contributed by atoms with Crippen molar-refractivity contribution in [2.75, 3.05) is 0 Å². The van der Waals surface area contributed by atoms with Gasteiger partial charge in [-0.1, -0.05) is 31.5 Å². The molecule has 1 saturated carbocycles. The lowest BCUT2D eigenvalue weighted by Gasteiger charge is -2.29.